The summed E-state index contributed by atoms with van der Waals surface area (Å²) in [5, 5.41) is 4.17. The van der Waals surface area contributed by atoms with Crippen molar-refractivity contribution in [2.45, 2.75) is 13.3 Å². The van der Waals surface area contributed by atoms with Crippen LogP contribution in [0.25, 0.3) is 5.52 Å². The highest BCUT2D eigenvalue weighted by Gasteiger charge is 1.96. The van der Waals surface area contributed by atoms with Crippen LogP contribution in [0, 0.1) is 0 Å². The van der Waals surface area contributed by atoms with E-state index in [9.17, 15) is 0 Å². The van der Waals surface area contributed by atoms with Crippen molar-refractivity contribution in [1.82, 2.24) is 9.61 Å². The van der Waals surface area contributed by atoms with E-state index >= 15 is 0 Å². The lowest BCUT2D eigenvalue weighted by Gasteiger charge is -1.98. The van der Waals surface area contributed by atoms with E-state index in [1.54, 1.807) is 0 Å². The summed E-state index contributed by atoms with van der Waals surface area (Å²) in [4.78, 5) is 0. The molecule has 0 bridgehead atoms. The summed E-state index contributed by atoms with van der Waals surface area (Å²) in [5.74, 6) is 0. The van der Waals surface area contributed by atoms with Crippen LogP contribution in [0.2, 0.25) is 0 Å². The van der Waals surface area contributed by atoms with Crippen LogP contribution in [0.1, 0.15) is 12.5 Å². The van der Waals surface area contributed by atoms with Crippen molar-refractivity contribution in [3.8, 4) is 0 Å². The predicted octanol–water partition coefficient (Wildman–Crippen LogP) is 1.90. The molecule has 0 aliphatic heterocycles. The summed E-state index contributed by atoms with van der Waals surface area (Å²) in [6, 6.07) is 6.17. The number of aryl methyl sites for hydroxylation is 1. The fourth-order valence-corrected chi connectivity index (χ4v) is 1.31. The van der Waals surface area contributed by atoms with Crippen molar-refractivity contribution in [3.05, 3.63) is 36.2 Å². The lowest BCUT2D eigenvalue weighted by Crippen LogP contribution is -1.91. The molecule has 0 amide bonds. The van der Waals surface area contributed by atoms with Gasteiger partial charge in [-0.1, -0.05) is 6.92 Å². The zero-order valence-corrected chi connectivity index (χ0v) is 6.49. The molecule has 0 saturated carbocycles. The molecule has 0 spiro atoms. The van der Waals surface area contributed by atoms with Gasteiger partial charge in [-0.25, -0.2) is 4.52 Å². The number of rotatable bonds is 1. The van der Waals surface area contributed by atoms with Crippen molar-refractivity contribution in [2.24, 2.45) is 0 Å². The molecule has 11 heavy (non-hydrogen) atoms. The maximum atomic E-state index is 4.17. The van der Waals surface area contributed by atoms with Gasteiger partial charge in [0.15, 0.2) is 0 Å². The quantitative estimate of drug-likeness (QED) is 0.600. The fraction of sp³-hybridized carbons (Fsp3) is 0.222. The second kappa shape index (κ2) is 2.38. The molecule has 0 N–H and O–H groups in total. The van der Waals surface area contributed by atoms with E-state index in [1.807, 2.05) is 23.0 Å². The number of fused-ring (bicyclic) bond motifs is 1. The molecule has 56 valence electrons. The Kier molecular flexibility index (Phi) is 1.39. The average molecular weight is 146 g/mol. The molecule has 0 unspecified atom stereocenters. The monoisotopic (exact) mass is 146 g/mol. The standard InChI is InChI=1S/C9H10N2/c1-2-8-5-6-10-11-7-3-4-9(8)11/h3-7H,2H2,1H3. The van der Waals surface area contributed by atoms with E-state index in [4.69, 9.17) is 0 Å². The van der Waals surface area contributed by atoms with E-state index in [0.717, 1.165) is 6.42 Å². The fourth-order valence-electron chi connectivity index (χ4n) is 1.31. The smallest absolute Gasteiger partial charge is 0.0678 e. The molecule has 0 radical (unpaired) electrons. The van der Waals surface area contributed by atoms with Crippen molar-refractivity contribution >= 4 is 5.52 Å². The summed E-state index contributed by atoms with van der Waals surface area (Å²) < 4.78 is 1.90. The van der Waals surface area contributed by atoms with Gasteiger partial charge in [0.25, 0.3) is 0 Å². The summed E-state index contributed by atoms with van der Waals surface area (Å²) in [6.07, 6.45) is 4.87. The van der Waals surface area contributed by atoms with E-state index in [0.29, 0.717) is 0 Å². The molecule has 0 atom stereocenters. The van der Waals surface area contributed by atoms with Gasteiger partial charge in [0.05, 0.1) is 5.52 Å². The Morgan fingerprint density at radius 2 is 2.36 bits per heavy atom. The van der Waals surface area contributed by atoms with Gasteiger partial charge in [-0.15, -0.1) is 0 Å². The van der Waals surface area contributed by atoms with Gasteiger partial charge in [-0.2, -0.15) is 5.10 Å². The van der Waals surface area contributed by atoms with Gasteiger partial charge in [0.1, 0.15) is 0 Å². The highest BCUT2D eigenvalue weighted by molar-refractivity contribution is 5.53. The minimum atomic E-state index is 1.07. The summed E-state index contributed by atoms with van der Waals surface area (Å²) >= 11 is 0. The number of aromatic nitrogens is 2. The first-order valence-corrected chi connectivity index (χ1v) is 3.83. The molecule has 2 nitrogen and oxygen atoms in total. The molecule has 2 heterocycles. The number of hydrogen-bond donors (Lipinski definition) is 0. The normalized spacial score (nSPS) is 10.6. The zero-order chi connectivity index (χ0) is 7.68. The van der Waals surface area contributed by atoms with Crippen LogP contribution in [-0.4, -0.2) is 9.61 Å². The van der Waals surface area contributed by atoms with Crippen molar-refractivity contribution in [3.63, 3.8) is 0 Å². The van der Waals surface area contributed by atoms with Crippen molar-refractivity contribution in [2.75, 3.05) is 0 Å². The lowest BCUT2D eigenvalue weighted by atomic mass is 10.2. The summed E-state index contributed by atoms with van der Waals surface area (Å²) in [7, 11) is 0. The Balaban J connectivity index is 2.79. The molecule has 0 aliphatic rings. The highest BCUT2D eigenvalue weighted by atomic mass is 15.2. The van der Waals surface area contributed by atoms with Crippen LogP contribution in [0.5, 0.6) is 0 Å². The Morgan fingerprint density at radius 3 is 3.18 bits per heavy atom. The van der Waals surface area contributed by atoms with E-state index in [2.05, 4.69) is 24.2 Å². The number of hydrogen-bond acceptors (Lipinski definition) is 1. The third kappa shape index (κ3) is 0.909. The first kappa shape index (κ1) is 6.40. The van der Waals surface area contributed by atoms with E-state index in [1.165, 1.54) is 11.1 Å². The minimum Gasteiger partial charge on any atom is -0.241 e. The maximum Gasteiger partial charge on any atom is 0.0678 e. The molecule has 0 aliphatic carbocycles. The van der Waals surface area contributed by atoms with Gasteiger partial charge in [0, 0.05) is 12.4 Å². The third-order valence-electron chi connectivity index (χ3n) is 1.90. The van der Waals surface area contributed by atoms with Gasteiger partial charge in [-0.3, -0.25) is 0 Å². The first-order chi connectivity index (χ1) is 5.42. The van der Waals surface area contributed by atoms with Gasteiger partial charge in [0.2, 0.25) is 0 Å². The van der Waals surface area contributed by atoms with E-state index in [-0.39, 0.29) is 0 Å². The molecule has 2 rings (SSSR count). The molecule has 2 heteroatoms. The number of nitrogens with zero attached hydrogens (tertiary/aromatic N) is 2. The SMILES string of the molecule is CCc1ccnn2cccc12. The van der Waals surface area contributed by atoms with Gasteiger partial charge < -0.3 is 0 Å². The Labute approximate surface area is 65.5 Å². The Hall–Kier alpha value is -1.31. The van der Waals surface area contributed by atoms with Crippen molar-refractivity contribution in [1.29, 1.82) is 0 Å². The van der Waals surface area contributed by atoms with Crippen LogP contribution in [-0.2, 0) is 6.42 Å². The Morgan fingerprint density at radius 1 is 1.45 bits per heavy atom. The van der Waals surface area contributed by atoms with Crippen LogP contribution in [0.15, 0.2) is 30.6 Å². The highest BCUT2D eigenvalue weighted by Crippen LogP contribution is 2.09. The second-order valence-corrected chi connectivity index (χ2v) is 2.55. The van der Waals surface area contributed by atoms with Crippen LogP contribution in [0.3, 0.4) is 0 Å². The molecule has 0 aromatic carbocycles. The molecule has 2 aromatic heterocycles. The van der Waals surface area contributed by atoms with Gasteiger partial charge in [-0.05, 0) is 30.2 Å². The van der Waals surface area contributed by atoms with Crippen LogP contribution < -0.4 is 0 Å². The van der Waals surface area contributed by atoms with Crippen LogP contribution >= 0.6 is 0 Å². The summed E-state index contributed by atoms with van der Waals surface area (Å²) in [6.45, 7) is 2.16. The van der Waals surface area contributed by atoms with Gasteiger partial charge >= 0.3 is 0 Å². The molecule has 2 aromatic rings. The van der Waals surface area contributed by atoms with Crippen molar-refractivity contribution < 1.29 is 0 Å². The third-order valence-corrected chi connectivity index (χ3v) is 1.90. The molecular weight excluding hydrogens is 136 g/mol. The second-order valence-electron chi connectivity index (χ2n) is 2.55. The minimum absolute atomic E-state index is 1.07. The topological polar surface area (TPSA) is 17.3 Å². The summed E-state index contributed by atoms with van der Waals surface area (Å²) in [5.41, 5.74) is 2.57. The Bertz CT molecular complexity index is 362. The molecule has 0 fully saturated rings. The van der Waals surface area contributed by atoms with Crippen LogP contribution in [0.4, 0.5) is 0 Å². The average Bonchev–Trinajstić information content (AvgIpc) is 2.50. The first-order valence-electron chi connectivity index (χ1n) is 3.83. The maximum absolute atomic E-state index is 4.17. The molecular formula is C9H10N2. The zero-order valence-electron chi connectivity index (χ0n) is 6.49. The predicted molar refractivity (Wildman–Crippen MR) is 44.6 cm³/mol. The van der Waals surface area contributed by atoms with E-state index < -0.39 is 0 Å². The largest absolute Gasteiger partial charge is 0.241 e. The lowest BCUT2D eigenvalue weighted by molar-refractivity contribution is 0.922. The molecule has 0 saturated heterocycles.